The second-order valence-corrected chi connectivity index (χ2v) is 5.94. The standard InChI is InChI=1S/C14H13N7S/c15-14-17-5-9(6-18-14)11-7-21(3-4-22-11)13-10-1-2-16-12(10)19-8-20-13/h1-2,5-8H,3-4H2,(H2,15,17,18)(H,16,19,20). The Morgan fingerprint density at radius 3 is 2.91 bits per heavy atom. The first-order valence-corrected chi connectivity index (χ1v) is 7.77. The van der Waals surface area contributed by atoms with Gasteiger partial charge in [0.05, 0.1) is 5.39 Å². The fraction of sp³-hybridized carbons (Fsp3) is 0.143. The summed E-state index contributed by atoms with van der Waals surface area (Å²) in [5, 5.41) is 1.01. The minimum atomic E-state index is 0.284. The Balaban J connectivity index is 1.74. The summed E-state index contributed by atoms with van der Waals surface area (Å²) >= 11 is 1.78. The van der Waals surface area contributed by atoms with Gasteiger partial charge in [-0.2, -0.15) is 0 Å². The van der Waals surface area contributed by atoms with Crippen molar-refractivity contribution in [1.29, 1.82) is 0 Å². The highest BCUT2D eigenvalue weighted by Crippen LogP contribution is 2.33. The van der Waals surface area contributed by atoms with Gasteiger partial charge in [-0.1, -0.05) is 0 Å². The topological polar surface area (TPSA) is 96.6 Å². The van der Waals surface area contributed by atoms with E-state index in [0.717, 1.165) is 39.6 Å². The summed E-state index contributed by atoms with van der Waals surface area (Å²) in [6.07, 6.45) is 9.03. The van der Waals surface area contributed by atoms with Crippen LogP contribution in [-0.2, 0) is 0 Å². The molecule has 22 heavy (non-hydrogen) atoms. The number of nitrogens with one attached hydrogen (secondary N) is 1. The number of thioether (sulfide) groups is 1. The molecule has 0 aliphatic carbocycles. The molecule has 0 saturated carbocycles. The van der Waals surface area contributed by atoms with E-state index in [4.69, 9.17) is 5.73 Å². The number of rotatable bonds is 2. The number of nitrogens with two attached hydrogens (primary N) is 1. The van der Waals surface area contributed by atoms with Crippen molar-refractivity contribution in [2.24, 2.45) is 0 Å². The predicted molar refractivity (Wildman–Crippen MR) is 88.1 cm³/mol. The van der Waals surface area contributed by atoms with E-state index in [1.165, 1.54) is 0 Å². The fourth-order valence-corrected chi connectivity index (χ4v) is 3.36. The molecule has 0 atom stereocenters. The Labute approximate surface area is 130 Å². The first-order chi connectivity index (χ1) is 10.8. The van der Waals surface area contributed by atoms with Crippen molar-refractivity contribution >= 4 is 39.5 Å². The first-order valence-electron chi connectivity index (χ1n) is 6.78. The summed E-state index contributed by atoms with van der Waals surface area (Å²) in [5.41, 5.74) is 7.35. The molecule has 3 N–H and O–H groups in total. The van der Waals surface area contributed by atoms with Gasteiger partial charge in [0.25, 0.3) is 0 Å². The molecular weight excluding hydrogens is 298 g/mol. The van der Waals surface area contributed by atoms with E-state index in [2.05, 4.69) is 36.0 Å². The van der Waals surface area contributed by atoms with Crippen LogP contribution in [0.25, 0.3) is 15.9 Å². The van der Waals surface area contributed by atoms with Crippen LogP contribution in [0, 0.1) is 0 Å². The lowest BCUT2D eigenvalue weighted by Gasteiger charge is -2.25. The lowest BCUT2D eigenvalue weighted by Crippen LogP contribution is -2.24. The zero-order chi connectivity index (χ0) is 14.9. The molecule has 1 aliphatic heterocycles. The first kappa shape index (κ1) is 13.1. The van der Waals surface area contributed by atoms with Crippen molar-refractivity contribution in [2.45, 2.75) is 0 Å². The molecule has 0 fully saturated rings. The summed E-state index contributed by atoms with van der Waals surface area (Å²) in [6.45, 7) is 0.890. The fourth-order valence-electron chi connectivity index (χ4n) is 2.38. The number of fused-ring (bicyclic) bond motifs is 1. The molecule has 1 aliphatic rings. The van der Waals surface area contributed by atoms with Crippen LogP contribution in [0.15, 0.2) is 37.2 Å². The van der Waals surface area contributed by atoms with Crippen molar-refractivity contribution in [2.75, 3.05) is 22.9 Å². The zero-order valence-corrected chi connectivity index (χ0v) is 12.4. The maximum atomic E-state index is 5.55. The number of H-pyrrole nitrogens is 1. The van der Waals surface area contributed by atoms with Crippen molar-refractivity contribution in [1.82, 2.24) is 24.9 Å². The van der Waals surface area contributed by atoms with Gasteiger partial charge in [0.15, 0.2) is 0 Å². The lowest BCUT2D eigenvalue weighted by molar-refractivity contribution is 0.987. The SMILES string of the molecule is Nc1ncc(C2=CN(c3ncnc4[nH]ccc34)CCS2)cn1. The number of hydrogen-bond acceptors (Lipinski definition) is 7. The maximum absolute atomic E-state index is 5.55. The van der Waals surface area contributed by atoms with Gasteiger partial charge in [0, 0.05) is 47.6 Å². The summed E-state index contributed by atoms with van der Waals surface area (Å²) in [4.78, 5) is 23.1. The van der Waals surface area contributed by atoms with Crippen LogP contribution in [-0.4, -0.2) is 37.2 Å². The smallest absolute Gasteiger partial charge is 0.219 e. The Bertz CT molecular complexity index is 840. The molecule has 0 amide bonds. The molecule has 4 rings (SSSR count). The van der Waals surface area contributed by atoms with Crippen LogP contribution in [0.1, 0.15) is 5.56 Å². The third-order valence-electron chi connectivity index (χ3n) is 3.42. The summed E-state index contributed by atoms with van der Waals surface area (Å²) in [7, 11) is 0. The molecule has 0 radical (unpaired) electrons. The Hall–Kier alpha value is -2.61. The van der Waals surface area contributed by atoms with Gasteiger partial charge in [0.2, 0.25) is 5.95 Å². The average Bonchev–Trinajstić information content (AvgIpc) is 3.04. The highest BCUT2D eigenvalue weighted by Gasteiger charge is 2.17. The molecule has 3 aromatic rings. The van der Waals surface area contributed by atoms with Crippen LogP contribution >= 0.6 is 11.8 Å². The average molecular weight is 311 g/mol. The van der Waals surface area contributed by atoms with Gasteiger partial charge >= 0.3 is 0 Å². The van der Waals surface area contributed by atoms with Gasteiger partial charge in [0.1, 0.15) is 17.8 Å². The maximum Gasteiger partial charge on any atom is 0.219 e. The van der Waals surface area contributed by atoms with Crippen molar-refractivity contribution < 1.29 is 0 Å². The predicted octanol–water partition coefficient (Wildman–Crippen LogP) is 1.88. The third kappa shape index (κ3) is 2.27. The molecule has 0 aromatic carbocycles. The zero-order valence-electron chi connectivity index (χ0n) is 11.6. The van der Waals surface area contributed by atoms with E-state index >= 15 is 0 Å². The number of anilines is 2. The van der Waals surface area contributed by atoms with E-state index in [1.807, 2.05) is 12.3 Å². The highest BCUT2D eigenvalue weighted by atomic mass is 32.2. The van der Waals surface area contributed by atoms with E-state index in [9.17, 15) is 0 Å². The van der Waals surface area contributed by atoms with Gasteiger partial charge in [-0.05, 0) is 6.07 Å². The molecule has 7 nitrogen and oxygen atoms in total. The molecular formula is C14H13N7S. The van der Waals surface area contributed by atoms with Crippen molar-refractivity contribution in [3.05, 3.63) is 42.7 Å². The number of hydrogen-bond donors (Lipinski definition) is 2. The second kappa shape index (κ2) is 5.30. The van der Waals surface area contributed by atoms with Gasteiger partial charge in [-0.15, -0.1) is 11.8 Å². The van der Waals surface area contributed by atoms with E-state index in [-0.39, 0.29) is 5.95 Å². The molecule has 0 saturated heterocycles. The number of nitrogen functional groups attached to an aromatic ring is 1. The molecule has 4 heterocycles. The Morgan fingerprint density at radius 2 is 2.05 bits per heavy atom. The van der Waals surface area contributed by atoms with Gasteiger partial charge in [-0.25, -0.2) is 19.9 Å². The number of aromatic nitrogens is 5. The van der Waals surface area contributed by atoms with E-state index in [1.54, 1.807) is 30.5 Å². The van der Waals surface area contributed by atoms with Crippen LogP contribution in [0.4, 0.5) is 11.8 Å². The Morgan fingerprint density at radius 1 is 1.18 bits per heavy atom. The monoisotopic (exact) mass is 311 g/mol. The van der Waals surface area contributed by atoms with Crippen LogP contribution < -0.4 is 10.6 Å². The minimum absolute atomic E-state index is 0.284. The quantitative estimate of drug-likeness (QED) is 0.746. The van der Waals surface area contributed by atoms with Crippen molar-refractivity contribution in [3.63, 3.8) is 0 Å². The highest BCUT2D eigenvalue weighted by molar-refractivity contribution is 8.08. The third-order valence-corrected chi connectivity index (χ3v) is 4.46. The second-order valence-electron chi connectivity index (χ2n) is 4.80. The summed E-state index contributed by atoms with van der Waals surface area (Å²) in [6, 6.07) is 1.99. The largest absolute Gasteiger partial charge is 0.368 e. The van der Waals surface area contributed by atoms with E-state index < -0.39 is 0 Å². The molecule has 3 aromatic heterocycles. The van der Waals surface area contributed by atoms with Crippen LogP contribution in [0.3, 0.4) is 0 Å². The van der Waals surface area contributed by atoms with Crippen LogP contribution in [0.5, 0.6) is 0 Å². The van der Waals surface area contributed by atoms with Gasteiger partial charge in [-0.3, -0.25) is 0 Å². The normalized spacial score (nSPS) is 15.1. The summed E-state index contributed by atoms with van der Waals surface area (Å²) < 4.78 is 0. The van der Waals surface area contributed by atoms with Crippen LogP contribution in [0.2, 0.25) is 0 Å². The van der Waals surface area contributed by atoms with Gasteiger partial charge < -0.3 is 15.6 Å². The van der Waals surface area contributed by atoms with Crippen molar-refractivity contribution in [3.8, 4) is 0 Å². The number of aromatic amines is 1. The molecule has 110 valence electrons. The summed E-state index contributed by atoms with van der Waals surface area (Å²) in [5.74, 6) is 2.15. The number of nitrogens with zero attached hydrogens (tertiary/aromatic N) is 5. The van der Waals surface area contributed by atoms with E-state index in [0.29, 0.717) is 0 Å². The molecule has 0 bridgehead atoms. The minimum Gasteiger partial charge on any atom is -0.368 e. The molecule has 0 spiro atoms. The Kier molecular flexibility index (Phi) is 3.15. The lowest BCUT2D eigenvalue weighted by atomic mass is 10.3. The molecule has 0 unspecified atom stereocenters. The molecule has 8 heteroatoms.